The average molecular weight is 391 g/mol. The van der Waals surface area contributed by atoms with E-state index in [0.29, 0.717) is 12.8 Å². The van der Waals surface area contributed by atoms with Gasteiger partial charge in [-0.3, -0.25) is 4.79 Å². The Labute approximate surface area is 151 Å². The van der Waals surface area contributed by atoms with E-state index in [0.717, 1.165) is 0 Å². The molecule has 1 saturated heterocycles. The number of halogens is 2. The Morgan fingerprint density at radius 2 is 1.88 bits per heavy atom. The first kappa shape index (κ1) is 19.0. The van der Waals surface area contributed by atoms with Crippen molar-refractivity contribution in [3.05, 3.63) is 28.2 Å². The zero-order valence-electron chi connectivity index (χ0n) is 12.9. The highest BCUT2D eigenvalue weighted by Gasteiger charge is 2.35. The van der Waals surface area contributed by atoms with Crippen LogP contribution in [0.1, 0.15) is 19.8 Å². The van der Waals surface area contributed by atoms with Crippen LogP contribution in [0, 0.1) is 17.2 Å². The molecule has 1 aliphatic heterocycles. The van der Waals surface area contributed by atoms with Crippen LogP contribution in [0.5, 0.6) is 0 Å². The monoisotopic (exact) mass is 390 g/mol. The van der Waals surface area contributed by atoms with Gasteiger partial charge in [0.1, 0.15) is 11.0 Å². The van der Waals surface area contributed by atoms with Gasteiger partial charge in [0.05, 0.1) is 16.0 Å². The van der Waals surface area contributed by atoms with E-state index in [-0.39, 0.29) is 28.0 Å². The Kier molecular flexibility index (Phi) is 6.10. The molecule has 0 radical (unpaired) electrons. The molecule has 0 N–H and O–H groups in total. The Balaban J connectivity index is 2.09. The Morgan fingerprint density at radius 1 is 1.33 bits per heavy atom. The third-order valence-electron chi connectivity index (χ3n) is 3.78. The number of nitrogens with zero attached hydrogens (tertiary/aromatic N) is 2. The standard InChI is InChI=1S/C15H16Cl2N2O4S/c1-10(9-18)23-15(20)11-5-7-19(8-6-11)24(21,22)14-12(16)3-2-4-13(14)17/h2-4,10-11H,5-8H2,1H3/t10-/m0/s1. The molecule has 9 heteroatoms. The molecule has 1 aromatic carbocycles. The lowest BCUT2D eigenvalue weighted by atomic mass is 9.98. The minimum atomic E-state index is -3.84. The number of esters is 1. The number of piperidine rings is 1. The topological polar surface area (TPSA) is 87.5 Å². The number of ether oxygens (including phenoxy) is 1. The number of benzene rings is 1. The van der Waals surface area contributed by atoms with Crippen LogP contribution < -0.4 is 0 Å². The largest absolute Gasteiger partial charge is 0.447 e. The van der Waals surface area contributed by atoms with Crippen LogP contribution >= 0.6 is 23.2 Å². The normalized spacial score (nSPS) is 17.9. The summed E-state index contributed by atoms with van der Waals surface area (Å²) in [6.45, 7) is 1.80. The summed E-state index contributed by atoms with van der Waals surface area (Å²) in [6.07, 6.45) is -0.183. The first-order valence-corrected chi connectivity index (χ1v) is 9.51. The summed E-state index contributed by atoms with van der Waals surface area (Å²) in [4.78, 5) is 11.8. The Bertz CT molecular complexity index is 748. The van der Waals surface area contributed by atoms with Gasteiger partial charge < -0.3 is 4.74 Å². The molecule has 1 aliphatic rings. The smallest absolute Gasteiger partial charge is 0.310 e. The van der Waals surface area contributed by atoms with E-state index in [2.05, 4.69) is 0 Å². The number of hydrogen-bond donors (Lipinski definition) is 0. The van der Waals surface area contributed by atoms with Crippen molar-refractivity contribution < 1.29 is 17.9 Å². The number of carbonyl (C=O) groups is 1. The van der Waals surface area contributed by atoms with Gasteiger partial charge in [-0.2, -0.15) is 9.57 Å². The number of carbonyl (C=O) groups excluding carboxylic acids is 1. The maximum Gasteiger partial charge on any atom is 0.310 e. The van der Waals surface area contributed by atoms with Crippen LogP contribution in [0.3, 0.4) is 0 Å². The van der Waals surface area contributed by atoms with Gasteiger partial charge in [0.15, 0.2) is 6.10 Å². The molecule has 1 fully saturated rings. The second kappa shape index (κ2) is 7.70. The van der Waals surface area contributed by atoms with Gasteiger partial charge in [-0.25, -0.2) is 8.42 Å². The lowest BCUT2D eigenvalue weighted by molar-refractivity contribution is -0.152. The highest BCUT2D eigenvalue weighted by Crippen LogP contribution is 2.33. The first-order valence-electron chi connectivity index (χ1n) is 7.31. The molecule has 24 heavy (non-hydrogen) atoms. The van der Waals surface area contributed by atoms with E-state index in [1.165, 1.54) is 23.4 Å². The van der Waals surface area contributed by atoms with Gasteiger partial charge in [-0.1, -0.05) is 29.3 Å². The number of hydrogen-bond acceptors (Lipinski definition) is 5. The summed E-state index contributed by atoms with van der Waals surface area (Å²) in [5, 5.41) is 8.79. The molecule has 130 valence electrons. The van der Waals surface area contributed by atoms with Crippen LogP contribution in [0.4, 0.5) is 0 Å². The van der Waals surface area contributed by atoms with E-state index in [1.54, 1.807) is 6.07 Å². The predicted molar refractivity (Wildman–Crippen MR) is 89.1 cm³/mol. The average Bonchev–Trinajstić information content (AvgIpc) is 2.54. The summed E-state index contributed by atoms with van der Waals surface area (Å²) >= 11 is 12.0. The van der Waals surface area contributed by atoms with Crippen molar-refractivity contribution >= 4 is 39.2 Å². The molecular weight excluding hydrogens is 375 g/mol. The summed E-state index contributed by atoms with van der Waals surface area (Å²) in [5.74, 6) is -0.897. The van der Waals surface area contributed by atoms with Gasteiger partial charge in [-0.15, -0.1) is 0 Å². The Hall–Kier alpha value is -1.33. The second-order valence-corrected chi connectivity index (χ2v) is 8.13. The van der Waals surface area contributed by atoms with E-state index in [4.69, 9.17) is 33.2 Å². The quantitative estimate of drug-likeness (QED) is 0.737. The summed E-state index contributed by atoms with van der Waals surface area (Å²) in [5.41, 5.74) is 0. The third kappa shape index (κ3) is 4.01. The zero-order valence-corrected chi connectivity index (χ0v) is 15.2. The molecule has 0 bridgehead atoms. The van der Waals surface area contributed by atoms with Crippen LogP contribution in [0.2, 0.25) is 10.0 Å². The first-order chi connectivity index (χ1) is 11.3. The van der Waals surface area contributed by atoms with Crippen molar-refractivity contribution in [3.63, 3.8) is 0 Å². The maximum absolute atomic E-state index is 12.7. The van der Waals surface area contributed by atoms with E-state index in [1.807, 2.05) is 6.07 Å². The van der Waals surface area contributed by atoms with Crippen molar-refractivity contribution in [2.45, 2.75) is 30.8 Å². The minimum Gasteiger partial charge on any atom is -0.447 e. The van der Waals surface area contributed by atoms with Gasteiger partial charge in [0, 0.05) is 13.1 Å². The number of rotatable bonds is 4. The summed E-state index contributed by atoms with van der Waals surface area (Å²) in [7, 11) is -3.84. The van der Waals surface area contributed by atoms with Crippen molar-refractivity contribution in [2.24, 2.45) is 5.92 Å². The molecule has 0 amide bonds. The molecule has 0 aromatic heterocycles. The fraction of sp³-hybridized carbons (Fsp3) is 0.467. The maximum atomic E-state index is 12.7. The van der Waals surface area contributed by atoms with Crippen molar-refractivity contribution in [2.75, 3.05) is 13.1 Å². The SMILES string of the molecule is C[C@@H](C#N)OC(=O)C1CCN(S(=O)(=O)c2c(Cl)cccc2Cl)CC1. The molecule has 0 spiro atoms. The van der Waals surface area contributed by atoms with Gasteiger partial charge in [0.25, 0.3) is 0 Å². The molecule has 0 unspecified atom stereocenters. The minimum absolute atomic E-state index is 0.0619. The summed E-state index contributed by atoms with van der Waals surface area (Å²) in [6, 6.07) is 6.33. The molecule has 1 heterocycles. The highest BCUT2D eigenvalue weighted by molar-refractivity contribution is 7.89. The van der Waals surface area contributed by atoms with Crippen LogP contribution in [-0.2, 0) is 19.6 Å². The molecule has 6 nitrogen and oxygen atoms in total. The van der Waals surface area contributed by atoms with Gasteiger partial charge >= 0.3 is 5.97 Å². The number of sulfonamides is 1. The number of nitriles is 1. The van der Waals surface area contributed by atoms with Gasteiger partial charge in [-0.05, 0) is 31.9 Å². The second-order valence-electron chi connectivity index (χ2n) is 5.44. The summed E-state index contributed by atoms with van der Waals surface area (Å²) < 4.78 is 31.7. The van der Waals surface area contributed by atoms with Crippen molar-refractivity contribution in [1.29, 1.82) is 5.26 Å². The lowest BCUT2D eigenvalue weighted by Gasteiger charge is -2.30. The predicted octanol–water partition coefficient (Wildman–Crippen LogP) is 2.85. The van der Waals surface area contributed by atoms with E-state index >= 15 is 0 Å². The molecule has 0 aliphatic carbocycles. The van der Waals surface area contributed by atoms with E-state index < -0.39 is 28.0 Å². The highest BCUT2D eigenvalue weighted by atomic mass is 35.5. The van der Waals surface area contributed by atoms with Crippen LogP contribution in [0.15, 0.2) is 23.1 Å². The van der Waals surface area contributed by atoms with Crippen LogP contribution in [0.25, 0.3) is 0 Å². The fourth-order valence-corrected chi connectivity index (χ4v) is 5.05. The molecule has 1 atom stereocenters. The molecule has 1 aromatic rings. The molecule has 0 saturated carbocycles. The van der Waals surface area contributed by atoms with Crippen LogP contribution in [-0.4, -0.2) is 37.9 Å². The Morgan fingerprint density at radius 3 is 2.38 bits per heavy atom. The lowest BCUT2D eigenvalue weighted by Crippen LogP contribution is -2.41. The third-order valence-corrected chi connectivity index (χ3v) is 6.63. The van der Waals surface area contributed by atoms with Gasteiger partial charge in [0.2, 0.25) is 10.0 Å². The molecule has 2 rings (SSSR count). The molecular formula is C15H16Cl2N2O4S. The zero-order chi connectivity index (χ0) is 17.9. The fourth-order valence-electron chi connectivity index (χ4n) is 2.49. The van der Waals surface area contributed by atoms with Crippen molar-refractivity contribution in [3.8, 4) is 6.07 Å². The van der Waals surface area contributed by atoms with E-state index in [9.17, 15) is 13.2 Å². The van der Waals surface area contributed by atoms with Crippen molar-refractivity contribution in [1.82, 2.24) is 4.31 Å².